The lowest BCUT2D eigenvalue weighted by molar-refractivity contribution is -0.132. The Kier molecular flexibility index (Phi) is 6.38. The standard InChI is InChI=1S/C29H27NO6/c1-3-14-34-22-7-5-6-21(16-22)30-26(19-10-8-18(4-2)9-11-19)25(28(32)29(30)33)27(31)20-12-13-23-24(15-20)36-17-35-23/h5-13,15-16,26,31H,3-4,14,17H2,1-2H3/b27-25-. The summed E-state index contributed by atoms with van der Waals surface area (Å²) in [6, 6.07) is 19.0. The normalized spacial score (nSPS) is 18.1. The molecule has 2 aliphatic heterocycles. The van der Waals surface area contributed by atoms with Crippen LogP contribution < -0.4 is 19.1 Å². The number of aryl methyl sites for hydroxylation is 1. The SMILES string of the molecule is CCCOc1cccc(N2C(=O)C(=O)/C(=C(\O)c3ccc4c(c3)OCO4)C2c2ccc(CC)cc2)c1. The summed E-state index contributed by atoms with van der Waals surface area (Å²) in [6.45, 7) is 4.69. The van der Waals surface area contributed by atoms with Crippen LogP contribution >= 0.6 is 0 Å². The molecule has 0 spiro atoms. The molecular formula is C29H27NO6. The molecule has 1 amide bonds. The van der Waals surface area contributed by atoms with Crippen molar-refractivity contribution in [3.8, 4) is 17.2 Å². The molecule has 2 aliphatic rings. The monoisotopic (exact) mass is 485 g/mol. The number of amides is 1. The van der Waals surface area contributed by atoms with Crippen LogP contribution in [0.3, 0.4) is 0 Å². The number of anilines is 1. The fourth-order valence-corrected chi connectivity index (χ4v) is 4.49. The van der Waals surface area contributed by atoms with Gasteiger partial charge in [-0.1, -0.05) is 44.2 Å². The fourth-order valence-electron chi connectivity index (χ4n) is 4.49. The highest BCUT2D eigenvalue weighted by molar-refractivity contribution is 6.51. The van der Waals surface area contributed by atoms with Crippen LogP contribution in [0.15, 0.2) is 72.3 Å². The highest BCUT2D eigenvalue weighted by Gasteiger charge is 2.47. The number of aliphatic hydroxyl groups excluding tert-OH is 1. The Morgan fingerprint density at radius 3 is 2.53 bits per heavy atom. The first-order chi connectivity index (χ1) is 17.5. The van der Waals surface area contributed by atoms with Gasteiger partial charge in [0.2, 0.25) is 6.79 Å². The van der Waals surface area contributed by atoms with E-state index in [0.717, 1.165) is 18.4 Å². The van der Waals surface area contributed by atoms with Gasteiger partial charge >= 0.3 is 0 Å². The summed E-state index contributed by atoms with van der Waals surface area (Å²) in [6.07, 6.45) is 1.70. The number of benzene rings is 3. The third kappa shape index (κ3) is 4.17. The highest BCUT2D eigenvalue weighted by Crippen LogP contribution is 2.44. The minimum atomic E-state index is -0.817. The van der Waals surface area contributed by atoms with Crippen LogP contribution in [-0.4, -0.2) is 30.2 Å². The second-order valence-electron chi connectivity index (χ2n) is 8.68. The first kappa shape index (κ1) is 23.5. The average Bonchev–Trinajstić information content (AvgIpc) is 3.49. The predicted molar refractivity (Wildman–Crippen MR) is 135 cm³/mol. The quantitative estimate of drug-likeness (QED) is 0.274. The van der Waals surface area contributed by atoms with E-state index in [0.29, 0.717) is 40.7 Å². The summed E-state index contributed by atoms with van der Waals surface area (Å²) < 4.78 is 16.6. The molecule has 0 aliphatic carbocycles. The molecule has 0 bridgehead atoms. The molecule has 5 rings (SSSR count). The molecule has 184 valence electrons. The van der Waals surface area contributed by atoms with E-state index >= 15 is 0 Å². The fraction of sp³-hybridized carbons (Fsp3) is 0.241. The van der Waals surface area contributed by atoms with E-state index in [2.05, 4.69) is 6.92 Å². The van der Waals surface area contributed by atoms with Crippen molar-refractivity contribution >= 4 is 23.1 Å². The number of carbonyl (C=O) groups excluding carboxylic acids is 2. The number of ketones is 1. The Morgan fingerprint density at radius 1 is 1.00 bits per heavy atom. The van der Waals surface area contributed by atoms with E-state index in [1.807, 2.05) is 37.3 Å². The molecule has 1 saturated heterocycles. The molecule has 1 unspecified atom stereocenters. The number of fused-ring (bicyclic) bond motifs is 1. The maximum absolute atomic E-state index is 13.4. The topological polar surface area (TPSA) is 85.3 Å². The Morgan fingerprint density at radius 2 is 1.78 bits per heavy atom. The number of Topliss-reactive ketones (excluding diaryl/α,β-unsaturated/α-hetero) is 1. The van der Waals surface area contributed by atoms with Crippen molar-refractivity contribution in [3.63, 3.8) is 0 Å². The van der Waals surface area contributed by atoms with Crippen molar-refractivity contribution in [1.82, 2.24) is 0 Å². The number of hydrogen-bond donors (Lipinski definition) is 1. The van der Waals surface area contributed by atoms with Crippen LogP contribution in [0.5, 0.6) is 17.2 Å². The van der Waals surface area contributed by atoms with Gasteiger partial charge in [-0.25, -0.2) is 0 Å². The summed E-state index contributed by atoms with van der Waals surface area (Å²) in [4.78, 5) is 28.3. The molecule has 2 heterocycles. The van der Waals surface area contributed by atoms with E-state index in [1.54, 1.807) is 36.4 Å². The second kappa shape index (κ2) is 9.77. The van der Waals surface area contributed by atoms with Gasteiger partial charge < -0.3 is 19.3 Å². The van der Waals surface area contributed by atoms with Crippen molar-refractivity contribution in [3.05, 3.63) is 89.0 Å². The van der Waals surface area contributed by atoms with Crippen molar-refractivity contribution in [2.24, 2.45) is 0 Å². The van der Waals surface area contributed by atoms with Gasteiger partial charge in [0.05, 0.1) is 18.2 Å². The molecule has 1 N–H and O–H groups in total. The lowest BCUT2D eigenvalue weighted by Crippen LogP contribution is -2.29. The second-order valence-corrected chi connectivity index (χ2v) is 8.68. The number of hydrogen-bond acceptors (Lipinski definition) is 6. The van der Waals surface area contributed by atoms with Gasteiger partial charge in [-0.15, -0.1) is 0 Å². The van der Waals surface area contributed by atoms with Gasteiger partial charge in [-0.3, -0.25) is 14.5 Å². The third-order valence-electron chi connectivity index (χ3n) is 6.36. The molecule has 0 aromatic heterocycles. The Hall–Kier alpha value is -4.26. The highest BCUT2D eigenvalue weighted by atomic mass is 16.7. The number of ether oxygens (including phenoxy) is 3. The minimum Gasteiger partial charge on any atom is -0.507 e. The molecule has 0 radical (unpaired) electrons. The van der Waals surface area contributed by atoms with Crippen LogP contribution in [0.1, 0.15) is 43.0 Å². The van der Waals surface area contributed by atoms with Gasteiger partial charge in [-0.2, -0.15) is 0 Å². The van der Waals surface area contributed by atoms with Crippen molar-refractivity contribution in [2.45, 2.75) is 32.7 Å². The molecule has 1 atom stereocenters. The zero-order valence-corrected chi connectivity index (χ0v) is 20.2. The van der Waals surface area contributed by atoms with Crippen LogP contribution in [0, 0.1) is 0 Å². The largest absolute Gasteiger partial charge is 0.507 e. The van der Waals surface area contributed by atoms with Crippen LogP contribution in [0.2, 0.25) is 0 Å². The zero-order chi connectivity index (χ0) is 25.2. The van der Waals surface area contributed by atoms with Gasteiger partial charge in [0.25, 0.3) is 11.7 Å². The molecular weight excluding hydrogens is 458 g/mol. The van der Waals surface area contributed by atoms with E-state index in [4.69, 9.17) is 14.2 Å². The number of rotatable bonds is 7. The first-order valence-corrected chi connectivity index (χ1v) is 12.0. The Balaban J connectivity index is 1.65. The maximum Gasteiger partial charge on any atom is 0.300 e. The number of aliphatic hydroxyl groups is 1. The van der Waals surface area contributed by atoms with Crippen LogP contribution in [-0.2, 0) is 16.0 Å². The molecule has 3 aromatic carbocycles. The van der Waals surface area contributed by atoms with E-state index < -0.39 is 17.7 Å². The van der Waals surface area contributed by atoms with Gasteiger partial charge in [0.15, 0.2) is 11.5 Å². The lowest BCUT2D eigenvalue weighted by Gasteiger charge is -2.26. The summed E-state index contributed by atoms with van der Waals surface area (Å²) in [7, 11) is 0. The summed E-state index contributed by atoms with van der Waals surface area (Å²) in [5, 5.41) is 11.4. The zero-order valence-electron chi connectivity index (χ0n) is 20.2. The third-order valence-corrected chi connectivity index (χ3v) is 6.36. The minimum absolute atomic E-state index is 0.0167. The van der Waals surface area contributed by atoms with Crippen LogP contribution in [0.4, 0.5) is 5.69 Å². The molecule has 36 heavy (non-hydrogen) atoms. The predicted octanol–water partition coefficient (Wildman–Crippen LogP) is 5.39. The van der Waals surface area contributed by atoms with E-state index in [-0.39, 0.29) is 18.1 Å². The molecule has 3 aromatic rings. The van der Waals surface area contributed by atoms with Crippen molar-refractivity contribution in [1.29, 1.82) is 0 Å². The van der Waals surface area contributed by atoms with E-state index in [9.17, 15) is 14.7 Å². The van der Waals surface area contributed by atoms with Crippen molar-refractivity contribution < 1.29 is 28.9 Å². The van der Waals surface area contributed by atoms with Crippen LogP contribution in [0.25, 0.3) is 5.76 Å². The molecule has 7 heteroatoms. The van der Waals surface area contributed by atoms with E-state index in [1.165, 1.54) is 4.90 Å². The van der Waals surface area contributed by atoms with Gasteiger partial charge in [0.1, 0.15) is 11.5 Å². The van der Waals surface area contributed by atoms with Gasteiger partial charge in [-0.05, 0) is 54.3 Å². The molecule has 0 saturated carbocycles. The number of nitrogens with zero attached hydrogens (tertiary/aromatic N) is 1. The Bertz CT molecular complexity index is 1340. The first-order valence-electron chi connectivity index (χ1n) is 12.0. The van der Waals surface area contributed by atoms with Gasteiger partial charge in [0, 0.05) is 17.3 Å². The Labute approximate surface area is 209 Å². The summed E-state index contributed by atoms with van der Waals surface area (Å²) in [5.74, 6) is -0.103. The number of carbonyl (C=O) groups is 2. The lowest BCUT2D eigenvalue weighted by atomic mass is 9.94. The van der Waals surface area contributed by atoms with Crippen molar-refractivity contribution in [2.75, 3.05) is 18.3 Å². The molecule has 1 fully saturated rings. The molecule has 7 nitrogen and oxygen atoms in total. The maximum atomic E-state index is 13.4. The summed E-state index contributed by atoms with van der Waals surface area (Å²) in [5.41, 5.74) is 2.74. The average molecular weight is 486 g/mol. The smallest absolute Gasteiger partial charge is 0.300 e. The summed E-state index contributed by atoms with van der Waals surface area (Å²) >= 11 is 0.